The third-order valence-corrected chi connectivity index (χ3v) is 3.22. The zero-order valence-corrected chi connectivity index (χ0v) is 10.7. The van der Waals surface area contributed by atoms with Gasteiger partial charge in [0.1, 0.15) is 0 Å². The molecule has 3 rings (SSSR count). The van der Waals surface area contributed by atoms with Crippen molar-refractivity contribution in [2.45, 2.75) is 6.43 Å². The maximum absolute atomic E-state index is 12.5. The summed E-state index contributed by atoms with van der Waals surface area (Å²) in [6, 6.07) is 6.38. The van der Waals surface area contributed by atoms with Gasteiger partial charge in [-0.05, 0) is 0 Å². The molecule has 1 aromatic carbocycles. The predicted molar refractivity (Wildman–Crippen MR) is 69.8 cm³/mol. The molecule has 1 fully saturated rings. The Morgan fingerprint density at radius 3 is 2.50 bits per heavy atom. The highest BCUT2D eigenvalue weighted by Gasteiger charge is 2.17. The molecule has 0 unspecified atom stereocenters. The Kier molecular flexibility index (Phi) is 3.60. The third kappa shape index (κ3) is 2.62. The summed E-state index contributed by atoms with van der Waals surface area (Å²) in [5, 5.41) is 7.14. The van der Waals surface area contributed by atoms with Crippen LogP contribution in [0, 0.1) is 0 Å². The summed E-state index contributed by atoms with van der Waals surface area (Å²) in [6.45, 7) is 3.37. The van der Waals surface area contributed by atoms with Crippen LogP contribution in [0.2, 0.25) is 0 Å². The Labute approximate surface area is 114 Å². The minimum absolute atomic E-state index is 0.0143. The molecule has 0 spiro atoms. The number of anilines is 1. The number of benzene rings is 1. The highest BCUT2D eigenvalue weighted by Crippen LogP contribution is 2.24. The van der Waals surface area contributed by atoms with E-state index < -0.39 is 6.43 Å². The molecule has 0 amide bonds. The normalized spacial score (nSPS) is 15.8. The molecule has 1 N–H and O–H groups in total. The number of nitrogens with zero attached hydrogens (tertiary/aromatic N) is 3. The van der Waals surface area contributed by atoms with Crippen molar-refractivity contribution in [2.24, 2.45) is 0 Å². The summed E-state index contributed by atoms with van der Waals surface area (Å²) in [6.07, 6.45) is -2.47. The van der Waals surface area contributed by atoms with Crippen molar-refractivity contribution in [1.82, 2.24) is 15.5 Å². The molecule has 1 aliphatic rings. The van der Waals surface area contributed by atoms with Gasteiger partial charge in [-0.1, -0.05) is 29.4 Å². The summed E-state index contributed by atoms with van der Waals surface area (Å²) < 4.78 is 30.2. The Balaban J connectivity index is 1.78. The van der Waals surface area contributed by atoms with E-state index in [2.05, 4.69) is 15.5 Å². The monoisotopic (exact) mass is 280 g/mol. The standard InChI is InChI=1S/C13H14F2N4O/c14-11(15)9-1-3-10(4-2-9)12-17-13(20-18-12)19-7-5-16-6-8-19/h1-4,11,16H,5-8H2. The molecule has 1 saturated heterocycles. The topological polar surface area (TPSA) is 54.2 Å². The first-order valence-electron chi connectivity index (χ1n) is 6.42. The lowest BCUT2D eigenvalue weighted by Gasteiger charge is -2.24. The van der Waals surface area contributed by atoms with Gasteiger partial charge < -0.3 is 14.7 Å². The van der Waals surface area contributed by atoms with Crippen LogP contribution in [0.1, 0.15) is 12.0 Å². The molecule has 0 bridgehead atoms. The van der Waals surface area contributed by atoms with Crippen LogP contribution in [0.4, 0.5) is 14.8 Å². The lowest BCUT2D eigenvalue weighted by atomic mass is 10.1. The molecule has 106 valence electrons. The number of piperazine rings is 1. The summed E-state index contributed by atoms with van der Waals surface area (Å²) in [4.78, 5) is 6.31. The highest BCUT2D eigenvalue weighted by molar-refractivity contribution is 5.56. The van der Waals surface area contributed by atoms with Gasteiger partial charge in [-0.25, -0.2) is 8.78 Å². The first-order chi connectivity index (χ1) is 9.74. The maximum Gasteiger partial charge on any atom is 0.324 e. The third-order valence-electron chi connectivity index (χ3n) is 3.22. The number of alkyl halides is 2. The number of halogens is 2. The Bertz CT molecular complexity index is 564. The van der Waals surface area contributed by atoms with Crippen LogP contribution in [-0.2, 0) is 0 Å². The van der Waals surface area contributed by atoms with Gasteiger partial charge in [-0.3, -0.25) is 0 Å². The summed E-state index contributed by atoms with van der Waals surface area (Å²) in [7, 11) is 0. The van der Waals surface area contributed by atoms with E-state index in [-0.39, 0.29) is 5.56 Å². The smallest absolute Gasteiger partial charge is 0.322 e. The first-order valence-corrected chi connectivity index (χ1v) is 6.42. The maximum atomic E-state index is 12.5. The molecule has 7 heteroatoms. The van der Waals surface area contributed by atoms with E-state index in [0.29, 0.717) is 17.4 Å². The average Bonchev–Trinajstić information content (AvgIpc) is 2.98. The Morgan fingerprint density at radius 2 is 1.85 bits per heavy atom. The van der Waals surface area contributed by atoms with Crippen molar-refractivity contribution in [1.29, 1.82) is 0 Å². The van der Waals surface area contributed by atoms with Crippen LogP contribution in [0.5, 0.6) is 0 Å². The van der Waals surface area contributed by atoms with Gasteiger partial charge in [-0.2, -0.15) is 4.98 Å². The zero-order valence-electron chi connectivity index (χ0n) is 10.7. The molecule has 0 saturated carbocycles. The number of aromatic nitrogens is 2. The lowest BCUT2D eigenvalue weighted by Crippen LogP contribution is -2.43. The van der Waals surface area contributed by atoms with Gasteiger partial charge in [0.05, 0.1) is 0 Å². The van der Waals surface area contributed by atoms with Crippen molar-refractivity contribution in [3.05, 3.63) is 29.8 Å². The largest absolute Gasteiger partial charge is 0.324 e. The predicted octanol–water partition coefficient (Wildman–Crippen LogP) is 2.08. The molecule has 2 aromatic rings. The zero-order chi connectivity index (χ0) is 13.9. The molecular weight excluding hydrogens is 266 g/mol. The highest BCUT2D eigenvalue weighted by atomic mass is 19.3. The van der Waals surface area contributed by atoms with Crippen LogP contribution in [0.3, 0.4) is 0 Å². The van der Waals surface area contributed by atoms with Crippen molar-refractivity contribution in [2.75, 3.05) is 31.1 Å². The van der Waals surface area contributed by atoms with Gasteiger partial charge in [0.15, 0.2) is 0 Å². The molecule has 5 nitrogen and oxygen atoms in total. The lowest BCUT2D eigenvalue weighted by molar-refractivity contribution is 0.151. The molecule has 0 aliphatic carbocycles. The fraction of sp³-hybridized carbons (Fsp3) is 0.385. The second kappa shape index (κ2) is 5.54. The number of nitrogens with one attached hydrogen (secondary N) is 1. The van der Waals surface area contributed by atoms with Crippen LogP contribution in [0.15, 0.2) is 28.8 Å². The van der Waals surface area contributed by atoms with Gasteiger partial charge in [-0.15, -0.1) is 0 Å². The molecule has 20 heavy (non-hydrogen) atoms. The molecule has 1 aliphatic heterocycles. The van der Waals surface area contributed by atoms with E-state index in [4.69, 9.17) is 4.52 Å². The minimum atomic E-state index is -2.47. The van der Waals surface area contributed by atoms with Crippen LogP contribution in [-0.4, -0.2) is 36.3 Å². The van der Waals surface area contributed by atoms with Crippen LogP contribution < -0.4 is 10.2 Å². The van der Waals surface area contributed by atoms with Gasteiger partial charge in [0.25, 0.3) is 6.43 Å². The SMILES string of the molecule is FC(F)c1ccc(-c2noc(N3CCNCC3)n2)cc1. The van der Waals surface area contributed by atoms with E-state index >= 15 is 0 Å². The number of hydrogen-bond donors (Lipinski definition) is 1. The van der Waals surface area contributed by atoms with E-state index in [1.54, 1.807) is 12.1 Å². The second-order valence-corrected chi connectivity index (χ2v) is 4.56. The van der Waals surface area contributed by atoms with Crippen molar-refractivity contribution in [3.8, 4) is 11.4 Å². The van der Waals surface area contributed by atoms with Gasteiger partial charge in [0, 0.05) is 37.3 Å². The van der Waals surface area contributed by atoms with Crippen molar-refractivity contribution < 1.29 is 13.3 Å². The van der Waals surface area contributed by atoms with E-state index in [1.165, 1.54) is 12.1 Å². The van der Waals surface area contributed by atoms with Gasteiger partial charge in [0.2, 0.25) is 5.82 Å². The summed E-state index contributed by atoms with van der Waals surface area (Å²) in [5.41, 5.74) is 0.652. The molecule has 0 radical (unpaired) electrons. The second-order valence-electron chi connectivity index (χ2n) is 4.56. The van der Waals surface area contributed by atoms with Crippen LogP contribution >= 0.6 is 0 Å². The summed E-state index contributed by atoms with van der Waals surface area (Å²) >= 11 is 0. The fourth-order valence-corrected chi connectivity index (χ4v) is 2.09. The molecule has 2 heterocycles. The number of hydrogen-bond acceptors (Lipinski definition) is 5. The number of rotatable bonds is 3. The quantitative estimate of drug-likeness (QED) is 0.933. The molecular formula is C13H14F2N4O. The molecule has 1 aromatic heterocycles. The van der Waals surface area contributed by atoms with Crippen molar-refractivity contribution >= 4 is 6.01 Å². The van der Waals surface area contributed by atoms with Gasteiger partial charge >= 0.3 is 6.01 Å². The van der Waals surface area contributed by atoms with E-state index in [9.17, 15) is 8.78 Å². The van der Waals surface area contributed by atoms with E-state index in [1.807, 2.05) is 4.90 Å². The summed E-state index contributed by atoms with van der Waals surface area (Å²) in [5.74, 6) is 0.416. The average molecular weight is 280 g/mol. The fourth-order valence-electron chi connectivity index (χ4n) is 2.09. The first kappa shape index (κ1) is 13.0. The minimum Gasteiger partial charge on any atom is -0.322 e. The van der Waals surface area contributed by atoms with E-state index in [0.717, 1.165) is 26.2 Å². The molecule has 0 atom stereocenters. The Hall–Kier alpha value is -2.02. The Morgan fingerprint density at radius 1 is 1.15 bits per heavy atom. The van der Waals surface area contributed by atoms with Crippen molar-refractivity contribution in [3.63, 3.8) is 0 Å². The van der Waals surface area contributed by atoms with Crippen LogP contribution in [0.25, 0.3) is 11.4 Å².